The van der Waals surface area contributed by atoms with Crippen molar-refractivity contribution in [2.45, 2.75) is 50.5 Å². The molecule has 40 heavy (non-hydrogen) atoms. The quantitative estimate of drug-likeness (QED) is 0.337. The minimum absolute atomic E-state index is 0.0343. The number of amides is 2. The van der Waals surface area contributed by atoms with Crippen LogP contribution < -0.4 is 24.2 Å². The van der Waals surface area contributed by atoms with Crippen molar-refractivity contribution in [3.05, 3.63) is 77.4 Å². The van der Waals surface area contributed by atoms with E-state index in [1.807, 2.05) is 20.8 Å². The monoisotopic (exact) mass is 568 g/mol. The first-order valence-corrected chi connectivity index (χ1v) is 14.3. The van der Waals surface area contributed by atoms with Crippen LogP contribution in [0.2, 0.25) is 0 Å². The SMILES string of the molecule is CCCc1cc(NC(=O)OC)ccc1OC(C(=O)NS(=O)(=O)c1ccc(C(C)C)cc1)c1ccc2c(c1)OCO2. The number of fused-ring (bicyclic) bond motifs is 1. The van der Waals surface area contributed by atoms with Gasteiger partial charge < -0.3 is 18.9 Å². The summed E-state index contributed by atoms with van der Waals surface area (Å²) in [6.45, 7) is 6.02. The fourth-order valence-electron chi connectivity index (χ4n) is 4.16. The number of methoxy groups -OCH3 is 1. The van der Waals surface area contributed by atoms with Gasteiger partial charge in [-0.3, -0.25) is 10.1 Å². The molecule has 0 radical (unpaired) electrons. The largest absolute Gasteiger partial charge is 0.475 e. The zero-order valence-electron chi connectivity index (χ0n) is 22.7. The number of hydrogen-bond donors (Lipinski definition) is 2. The molecule has 0 bridgehead atoms. The van der Waals surface area contributed by atoms with E-state index < -0.39 is 28.1 Å². The lowest BCUT2D eigenvalue weighted by Gasteiger charge is -2.22. The van der Waals surface area contributed by atoms with Crippen LogP contribution in [0.4, 0.5) is 10.5 Å². The van der Waals surface area contributed by atoms with Gasteiger partial charge in [-0.05, 0) is 65.9 Å². The molecule has 1 heterocycles. The molecule has 2 amide bonds. The van der Waals surface area contributed by atoms with Gasteiger partial charge in [-0.2, -0.15) is 0 Å². The van der Waals surface area contributed by atoms with E-state index >= 15 is 0 Å². The first-order chi connectivity index (χ1) is 19.1. The molecule has 1 atom stereocenters. The standard InChI is InChI=1S/C29H32N2O8S/c1-5-6-20-15-22(30-29(33)36-4)10-14-24(20)39-27(21-9-13-25-26(16-21)38-17-37-25)28(32)31-40(34,35)23-11-7-19(8-12-23)18(2)3/h7-16,18,27H,5-6,17H2,1-4H3,(H,30,33)(H,31,32). The predicted molar refractivity (Wildman–Crippen MR) is 148 cm³/mol. The number of sulfonamides is 1. The molecule has 212 valence electrons. The number of ether oxygens (including phenoxy) is 4. The average molecular weight is 569 g/mol. The van der Waals surface area contributed by atoms with Crippen LogP contribution in [0.1, 0.15) is 55.9 Å². The van der Waals surface area contributed by atoms with E-state index in [0.717, 1.165) is 12.0 Å². The Labute approximate surface area is 233 Å². The van der Waals surface area contributed by atoms with Gasteiger partial charge in [-0.15, -0.1) is 0 Å². The van der Waals surface area contributed by atoms with E-state index in [1.54, 1.807) is 48.5 Å². The molecule has 1 aliphatic rings. The Balaban J connectivity index is 1.67. The second-order valence-corrected chi connectivity index (χ2v) is 11.2. The molecule has 3 aromatic carbocycles. The second-order valence-electron chi connectivity index (χ2n) is 9.49. The third kappa shape index (κ3) is 6.66. The van der Waals surface area contributed by atoms with E-state index in [1.165, 1.54) is 19.2 Å². The number of aryl methyl sites for hydroxylation is 1. The molecule has 0 saturated carbocycles. The van der Waals surface area contributed by atoms with Crippen LogP contribution >= 0.6 is 0 Å². The minimum Gasteiger partial charge on any atom is -0.475 e. The molecule has 1 unspecified atom stereocenters. The highest BCUT2D eigenvalue weighted by molar-refractivity contribution is 7.90. The summed E-state index contributed by atoms with van der Waals surface area (Å²) in [7, 11) is -2.93. The van der Waals surface area contributed by atoms with Crippen LogP contribution in [0.5, 0.6) is 17.2 Å². The zero-order valence-corrected chi connectivity index (χ0v) is 23.5. The van der Waals surface area contributed by atoms with Crippen molar-refractivity contribution < 1.29 is 37.0 Å². The molecule has 10 nitrogen and oxygen atoms in total. The van der Waals surface area contributed by atoms with Crippen molar-refractivity contribution >= 4 is 27.7 Å². The van der Waals surface area contributed by atoms with Crippen molar-refractivity contribution in [1.29, 1.82) is 0 Å². The van der Waals surface area contributed by atoms with Crippen molar-refractivity contribution in [2.75, 3.05) is 19.2 Å². The van der Waals surface area contributed by atoms with Crippen LogP contribution in [0.25, 0.3) is 0 Å². The van der Waals surface area contributed by atoms with Gasteiger partial charge in [0, 0.05) is 11.3 Å². The zero-order chi connectivity index (χ0) is 28.9. The van der Waals surface area contributed by atoms with Gasteiger partial charge >= 0.3 is 6.09 Å². The van der Waals surface area contributed by atoms with Gasteiger partial charge in [-0.25, -0.2) is 17.9 Å². The summed E-state index contributed by atoms with van der Waals surface area (Å²) < 4.78 is 50.2. The van der Waals surface area contributed by atoms with E-state index in [2.05, 4.69) is 14.8 Å². The van der Waals surface area contributed by atoms with E-state index in [0.29, 0.717) is 40.5 Å². The summed E-state index contributed by atoms with van der Waals surface area (Å²) in [5, 5.41) is 2.61. The Morgan fingerprint density at radius 3 is 2.33 bits per heavy atom. The first kappa shape index (κ1) is 28.8. The number of anilines is 1. The van der Waals surface area contributed by atoms with Crippen molar-refractivity contribution in [3.8, 4) is 17.2 Å². The van der Waals surface area contributed by atoms with Gasteiger partial charge in [0.2, 0.25) is 12.9 Å². The van der Waals surface area contributed by atoms with Crippen LogP contribution in [0.3, 0.4) is 0 Å². The van der Waals surface area contributed by atoms with Crippen LogP contribution in [0, 0.1) is 0 Å². The lowest BCUT2D eigenvalue weighted by molar-refractivity contribution is -0.126. The second kappa shape index (κ2) is 12.3. The molecule has 0 saturated heterocycles. The highest BCUT2D eigenvalue weighted by atomic mass is 32.2. The Morgan fingerprint density at radius 2 is 1.65 bits per heavy atom. The third-order valence-electron chi connectivity index (χ3n) is 6.29. The van der Waals surface area contributed by atoms with E-state index in [9.17, 15) is 18.0 Å². The summed E-state index contributed by atoms with van der Waals surface area (Å²) in [4.78, 5) is 25.2. The molecule has 2 N–H and O–H groups in total. The van der Waals surface area contributed by atoms with Gasteiger partial charge in [0.05, 0.1) is 12.0 Å². The number of rotatable bonds is 10. The molecule has 0 spiro atoms. The maximum atomic E-state index is 13.6. The van der Waals surface area contributed by atoms with E-state index in [4.69, 9.17) is 14.2 Å². The number of hydrogen-bond acceptors (Lipinski definition) is 8. The topological polar surface area (TPSA) is 129 Å². The van der Waals surface area contributed by atoms with Crippen LogP contribution in [-0.4, -0.2) is 34.3 Å². The summed E-state index contributed by atoms with van der Waals surface area (Å²) in [5.41, 5.74) is 2.54. The Hall–Kier alpha value is -4.25. The average Bonchev–Trinajstić information content (AvgIpc) is 3.40. The normalized spacial score (nSPS) is 13.0. The number of carbonyl (C=O) groups is 2. The van der Waals surface area contributed by atoms with Crippen molar-refractivity contribution in [2.24, 2.45) is 0 Å². The Morgan fingerprint density at radius 1 is 0.950 bits per heavy atom. The molecular weight excluding hydrogens is 536 g/mol. The molecule has 0 aromatic heterocycles. The van der Waals surface area contributed by atoms with Crippen LogP contribution in [0.15, 0.2) is 65.6 Å². The number of benzene rings is 3. The molecule has 1 aliphatic heterocycles. The smallest absolute Gasteiger partial charge is 0.411 e. The molecule has 0 fully saturated rings. The fourth-order valence-corrected chi connectivity index (χ4v) is 5.14. The molecular formula is C29H32N2O8S. The summed E-state index contributed by atoms with van der Waals surface area (Å²) >= 11 is 0. The molecule has 11 heteroatoms. The first-order valence-electron chi connectivity index (χ1n) is 12.8. The summed E-state index contributed by atoms with van der Waals surface area (Å²) in [6.07, 6.45) is -0.656. The Kier molecular flexibility index (Phi) is 8.83. The van der Waals surface area contributed by atoms with Crippen LogP contribution in [-0.2, 0) is 26.0 Å². The fraction of sp³-hybridized carbons (Fsp3) is 0.310. The highest BCUT2D eigenvalue weighted by Crippen LogP contribution is 2.36. The molecule has 0 aliphatic carbocycles. The lowest BCUT2D eigenvalue weighted by Crippen LogP contribution is -2.37. The van der Waals surface area contributed by atoms with E-state index in [-0.39, 0.29) is 17.6 Å². The van der Waals surface area contributed by atoms with Gasteiger partial charge in [0.25, 0.3) is 15.9 Å². The number of nitrogens with one attached hydrogen (secondary N) is 2. The number of carbonyl (C=O) groups excluding carboxylic acids is 2. The molecule has 4 rings (SSSR count). The van der Waals surface area contributed by atoms with Gasteiger partial charge in [0.15, 0.2) is 11.5 Å². The molecule has 3 aromatic rings. The van der Waals surface area contributed by atoms with Crippen molar-refractivity contribution in [1.82, 2.24) is 4.72 Å². The third-order valence-corrected chi connectivity index (χ3v) is 7.65. The highest BCUT2D eigenvalue weighted by Gasteiger charge is 2.30. The summed E-state index contributed by atoms with van der Waals surface area (Å²) in [5.74, 6) is 0.615. The van der Waals surface area contributed by atoms with Gasteiger partial charge in [0.1, 0.15) is 5.75 Å². The Bertz CT molecular complexity index is 1490. The lowest BCUT2D eigenvalue weighted by atomic mass is 10.0. The predicted octanol–water partition coefficient (Wildman–Crippen LogP) is 5.29. The summed E-state index contributed by atoms with van der Waals surface area (Å²) in [6, 6.07) is 16.1. The minimum atomic E-state index is -4.20. The maximum Gasteiger partial charge on any atom is 0.411 e. The van der Waals surface area contributed by atoms with Crippen molar-refractivity contribution in [3.63, 3.8) is 0 Å². The maximum absolute atomic E-state index is 13.6. The van der Waals surface area contributed by atoms with Gasteiger partial charge in [-0.1, -0.05) is 45.4 Å².